The van der Waals surface area contributed by atoms with E-state index in [2.05, 4.69) is 60.0 Å². The van der Waals surface area contributed by atoms with Crippen LogP contribution in [0.2, 0.25) is 18.1 Å². The van der Waals surface area contributed by atoms with E-state index in [1.54, 1.807) is 6.08 Å². The zero-order valence-electron chi connectivity index (χ0n) is 22.9. The average Bonchev–Trinajstić information content (AvgIpc) is 3.39. The molecule has 1 aliphatic heterocycles. The lowest BCUT2D eigenvalue weighted by Crippen LogP contribution is -2.44. The lowest BCUT2D eigenvalue weighted by atomic mass is 9.91. The van der Waals surface area contributed by atoms with Crippen LogP contribution in [0.15, 0.2) is 12.2 Å². The van der Waals surface area contributed by atoms with Crippen LogP contribution in [0, 0.1) is 11.8 Å². The van der Waals surface area contributed by atoms with E-state index in [1.807, 2.05) is 19.9 Å². The summed E-state index contributed by atoms with van der Waals surface area (Å²) in [6, 6.07) is -0.212. The molecule has 0 aromatic heterocycles. The minimum Gasteiger partial charge on any atom is -0.464 e. The number of carbonyl (C=O) groups is 2. The molecule has 0 spiro atoms. The Morgan fingerprint density at radius 1 is 1.18 bits per heavy atom. The number of rotatable bonds is 13. The molecule has 0 unspecified atom stereocenters. The normalized spacial score (nSPS) is 24.8. The predicted octanol–water partition coefficient (Wildman–Crippen LogP) is 5.62. The van der Waals surface area contributed by atoms with Crippen molar-refractivity contribution < 1.29 is 23.5 Å². The Hall–Kier alpha value is -1.18. The third-order valence-electron chi connectivity index (χ3n) is 7.45. The molecule has 6 atom stereocenters. The Labute approximate surface area is 203 Å². The van der Waals surface area contributed by atoms with Crippen molar-refractivity contribution in [3.63, 3.8) is 0 Å². The minimum atomic E-state index is -1.82. The molecule has 7 heteroatoms. The highest BCUT2D eigenvalue weighted by Gasteiger charge is 2.53. The van der Waals surface area contributed by atoms with Crippen molar-refractivity contribution in [2.24, 2.45) is 11.8 Å². The summed E-state index contributed by atoms with van der Waals surface area (Å²) in [6.07, 6.45) is 6.52. The first-order valence-electron chi connectivity index (χ1n) is 12.5. The van der Waals surface area contributed by atoms with Crippen LogP contribution in [-0.2, 0) is 23.5 Å². The molecule has 33 heavy (non-hydrogen) atoms. The molecule has 1 saturated heterocycles. The maximum atomic E-state index is 12.5. The lowest BCUT2D eigenvalue weighted by Gasteiger charge is -2.39. The first-order valence-corrected chi connectivity index (χ1v) is 15.5. The van der Waals surface area contributed by atoms with Crippen molar-refractivity contribution >= 4 is 20.2 Å². The van der Waals surface area contributed by atoms with Crippen LogP contribution >= 0.6 is 0 Å². The molecular formula is C26H49NO5Si. The van der Waals surface area contributed by atoms with Gasteiger partial charge in [0, 0.05) is 19.1 Å². The van der Waals surface area contributed by atoms with E-state index in [9.17, 15) is 9.59 Å². The van der Waals surface area contributed by atoms with Crippen molar-refractivity contribution in [3.8, 4) is 0 Å². The van der Waals surface area contributed by atoms with E-state index in [1.165, 1.54) is 6.92 Å². The van der Waals surface area contributed by atoms with Crippen molar-refractivity contribution in [1.29, 1.82) is 0 Å². The van der Waals surface area contributed by atoms with Gasteiger partial charge in [0.1, 0.15) is 12.2 Å². The van der Waals surface area contributed by atoms with Gasteiger partial charge in [-0.05, 0) is 55.8 Å². The summed E-state index contributed by atoms with van der Waals surface area (Å²) in [7, 11) is -1.82. The molecule has 1 amide bonds. The minimum absolute atomic E-state index is 0.0741. The quantitative estimate of drug-likeness (QED) is 0.159. The van der Waals surface area contributed by atoms with Gasteiger partial charge in [0.15, 0.2) is 8.32 Å². The molecule has 0 aliphatic carbocycles. The van der Waals surface area contributed by atoms with Crippen LogP contribution in [0.25, 0.3) is 0 Å². The number of carbonyl (C=O) groups excluding carboxylic acids is 2. The summed E-state index contributed by atoms with van der Waals surface area (Å²) in [5, 5.41) is 3.16. The highest BCUT2D eigenvalue weighted by atomic mass is 28.4. The van der Waals surface area contributed by atoms with Gasteiger partial charge >= 0.3 is 5.97 Å². The molecule has 0 aromatic carbocycles. The van der Waals surface area contributed by atoms with E-state index in [-0.39, 0.29) is 47.7 Å². The zero-order valence-corrected chi connectivity index (χ0v) is 23.9. The molecule has 1 heterocycles. The predicted molar refractivity (Wildman–Crippen MR) is 137 cm³/mol. The van der Waals surface area contributed by atoms with Gasteiger partial charge in [-0.1, -0.05) is 54.9 Å². The number of epoxide rings is 1. The van der Waals surface area contributed by atoms with Gasteiger partial charge in [-0.25, -0.2) is 0 Å². The second-order valence-corrected chi connectivity index (χ2v) is 16.2. The van der Waals surface area contributed by atoms with E-state index in [0.29, 0.717) is 5.92 Å². The molecule has 192 valence electrons. The second-order valence-electron chi connectivity index (χ2n) is 11.5. The Morgan fingerprint density at radius 3 is 2.27 bits per heavy atom. The fourth-order valence-corrected chi connectivity index (χ4v) is 5.25. The summed E-state index contributed by atoms with van der Waals surface area (Å²) < 4.78 is 17.8. The van der Waals surface area contributed by atoms with Gasteiger partial charge in [-0.15, -0.1) is 0 Å². The fraction of sp³-hybridized carbons (Fsp3) is 0.846. The van der Waals surface area contributed by atoms with Gasteiger partial charge in [0.25, 0.3) is 0 Å². The van der Waals surface area contributed by atoms with Crippen molar-refractivity contribution in [3.05, 3.63) is 12.2 Å². The maximum Gasteiger partial charge on any atom is 0.302 e. The van der Waals surface area contributed by atoms with Crippen LogP contribution in [0.4, 0.5) is 0 Å². The standard InChI is InChI=1S/C26H49NO5Si/c1-12-18(3)22(17-30-20(5)28)27-23(29)14-15-26(9)24(31-26)19(4)16-21(13-2)32-33(10,11)25(6,7)8/h14-15,18-19,21-22,24H,12-13,16-17H2,1-11H3,(H,27,29)/b15-14+/t18-,19-,21+,22+,24-,26-/m0/s1. The summed E-state index contributed by atoms with van der Waals surface area (Å²) in [4.78, 5) is 23.7. The Morgan fingerprint density at radius 2 is 1.79 bits per heavy atom. The van der Waals surface area contributed by atoms with E-state index in [0.717, 1.165) is 19.3 Å². The van der Waals surface area contributed by atoms with Crippen molar-refractivity contribution in [1.82, 2.24) is 5.32 Å². The first-order chi connectivity index (χ1) is 15.1. The molecule has 0 radical (unpaired) electrons. The van der Waals surface area contributed by atoms with Crippen molar-refractivity contribution in [2.45, 2.75) is 124 Å². The molecule has 0 saturated carbocycles. The van der Waals surface area contributed by atoms with Gasteiger partial charge in [0.2, 0.25) is 5.91 Å². The molecule has 0 bridgehead atoms. The Balaban J connectivity index is 2.67. The van der Waals surface area contributed by atoms with E-state index in [4.69, 9.17) is 13.9 Å². The van der Waals surface area contributed by atoms with Gasteiger partial charge in [-0.3, -0.25) is 9.59 Å². The first kappa shape index (κ1) is 29.8. The molecule has 1 rings (SSSR count). The number of esters is 1. The highest BCUT2D eigenvalue weighted by molar-refractivity contribution is 6.74. The maximum absolute atomic E-state index is 12.5. The van der Waals surface area contributed by atoms with Crippen LogP contribution < -0.4 is 5.32 Å². The van der Waals surface area contributed by atoms with E-state index < -0.39 is 13.9 Å². The topological polar surface area (TPSA) is 77.2 Å². The highest BCUT2D eigenvalue weighted by Crippen LogP contribution is 2.45. The number of hydrogen-bond acceptors (Lipinski definition) is 5. The fourth-order valence-electron chi connectivity index (χ4n) is 3.80. The van der Waals surface area contributed by atoms with E-state index >= 15 is 0 Å². The molecule has 6 nitrogen and oxygen atoms in total. The second kappa shape index (κ2) is 12.0. The molecular weight excluding hydrogens is 434 g/mol. The largest absolute Gasteiger partial charge is 0.464 e. The number of hydrogen-bond donors (Lipinski definition) is 1. The summed E-state index contributed by atoms with van der Waals surface area (Å²) in [5.41, 5.74) is -0.437. The molecule has 0 aromatic rings. The molecule has 1 N–H and O–H groups in total. The summed E-state index contributed by atoms with van der Waals surface area (Å²) in [5.74, 6) is -0.00151. The van der Waals surface area contributed by atoms with Gasteiger partial charge < -0.3 is 19.2 Å². The van der Waals surface area contributed by atoms with Crippen molar-refractivity contribution in [2.75, 3.05) is 6.61 Å². The monoisotopic (exact) mass is 483 g/mol. The van der Waals surface area contributed by atoms with Crippen LogP contribution in [-0.4, -0.2) is 50.7 Å². The van der Waals surface area contributed by atoms with Crippen LogP contribution in [0.1, 0.15) is 81.6 Å². The average molecular weight is 484 g/mol. The number of amides is 1. The van der Waals surface area contributed by atoms with Gasteiger partial charge in [0.05, 0.1) is 12.1 Å². The Kier molecular flexibility index (Phi) is 10.8. The summed E-state index contributed by atoms with van der Waals surface area (Å²) >= 11 is 0. The lowest BCUT2D eigenvalue weighted by molar-refractivity contribution is -0.142. The SMILES string of the molecule is CC[C@H](C[C@H](C)[C@@H]1O[C@@]1(C)/C=C/C(=O)N[C@H](COC(C)=O)[C@@H](C)CC)O[Si](C)(C)C(C)(C)C. The number of nitrogens with one attached hydrogen (secondary N) is 1. The van der Waals surface area contributed by atoms with Gasteiger partial charge in [-0.2, -0.15) is 0 Å². The molecule has 1 aliphatic rings. The third-order valence-corrected chi connectivity index (χ3v) is 12.0. The molecule has 1 fully saturated rings. The van der Waals surface area contributed by atoms with Crippen LogP contribution in [0.3, 0.4) is 0 Å². The summed E-state index contributed by atoms with van der Waals surface area (Å²) in [6.45, 7) is 23.5. The number of ether oxygens (including phenoxy) is 2. The Bertz CT molecular complexity index is 687. The smallest absolute Gasteiger partial charge is 0.302 e. The third kappa shape index (κ3) is 9.17. The zero-order chi connectivity index (χ0) is 25.6. The van der Waals surface area contributed by atoms with Crippen LogP contribution in [0.5, 0.6) is 0 Å².